The molecule has 0 unspecified atom stereocenters. The second-order valence-electron chi connectivity index (χ2n) is 2.76. The van der Waals surface area contributed by atoms with Crippen LogP contribution < -0.4 is 24.8 Å². The molecule has 0 aliphatic rings. The molecule has 1 heterocycles. The molecule has 0 atom stereocenters. The molecule has 67 valence electrons. The third-order valence-electron chi connectivity index (χ3n) is 2.32. The van der Waals surface area contributed by atoms with Gasteiger partial charge in [-0.05, 0) is 0 Å². The fraction of sp³-hybridized carbons (Fsp3) is 0.500. The van der Waals surface area contributed by atoms with E-state index in [-0.39, 0.29) is 29.6 Å². The molecule has 0 nitrogen and oxygen atoms in total. The van der Waals surface area contributed by atoms with Gasteiger partial charge in [-0.2, -0.15) is 0 Å². The maximum atomic E-state index is 2.29. The van der Waals surface area contributed by atoms with Crippen molar-refractivity contribution < 1.29 is 49.0 Å². The molecule has 0 fully saturated rings. The van der Waals surface area contributed by atoms with Crippen molar-refractivity contribution >= 4 is 4.83 Å². The van der Waals surface area contributed by atoms with E-state index in [2.05, 4.69) is 27.7 Å². The molecule has 0 aliphatic heterocycles. The summed E-state index contributed by atoms with van der Waals surface area (Å²) in [5, 5.41) is 3.31. The summed E-state index contributed by atoms with van der Waals surface area (Å²) < 4.78 is 0. The maximum absolute atomic E-state index is 2.29. The first-order valence-corrected chi connectivity index (χ1v) is 8.06. The number of halogens is 2. The van der Waals surface area contributed by atoms with E-state index in [9.17, 15) is 0 Å². The second kappa shape index (κ2) is 5.87. The monoisotopic (exact) mass is 299 g/mol. The second-order valence-corrected chi connectivity index (χ2v) is 8.07. The van der Waals surface area contributed by atoms with Crippen molar-refractivity contribution in [3.05, 3.63) is 21.7 Å². The molecule has 0 radical (unpaired) electrons. The molecule has 0 aliphatic carbocycles. The summed E-state index contributed by atoms with van der Waals surface area (Å²) in [6.07, 6.45) is 0. The summed E-state index contributed by atoms with van der Waals surface area (Å²) in [6.45, 7) is 9.08. The maximum Gasteiger partial charge on any atom is -1.00 e. The Morgan fingerprint density at radius 3 is 1.17 bits per heavy atom. The van der Waals surface area contributed by atoms with Gasteiger partial charge in [-0.1, -0.05) is 0 Å². The first-order valence-electron chi connectivity index (χ1n) is 3.42. The SMILES string of the molecule is Cc1c(C)c(C)[p]([Zr+2])c1C.[Cl-].[Cl-]. The van der Waals surface area contributed by atoms with Crippen molar-refractivity contribution in [2.24, 2.45) is 0 Å². The quantitative estimate of drug-likeness (QED) is 0.487. The molecule has 0 N–H and O–H groups in total. The molecule has 4 heteroatoms. The van der Waals surface area contributed by atoms with Gasteiger partial charge in [0.25, 0.3) is 0 Å². The Morgan fingerprint density at radius 1 is 0.833 bits per heavy atom. The first-order chi connectivity index (χ1) is 4.55. The van der Waals surface area contributed by atoms with Crippen LogP contribution in [0.25, 0.3) is 0 Å². The fourth-order valence-corrected chi connectivity index (χ4v) is 5.11. The topological polar surface area (TPSA) is 0 Å². The van der Waals surface area contributed by atoms with E-state index in [0.29, 0.717) is 0 Å². The summed E-state index contributed by atoms with van der Waals surface area (Å²) in [7, 11) is 0. The van der Waals surface area contributed by atoms with E-state index in [1.807, 2.05) is 0 Å². The van der Waals surface area contributed by atoms with Crippen LogP contribution >= 0.6 is 4.83 Å². The zero-order valence-electron chi connectivity index (χ0n) is 7.70. The van der Waals surface area contributed by atoms with Gasteiger partial charge < -0.3 is 24.8 Å². The average Bonchev–Trinajstić information content (AvgIpc) is 2.07. The van der Waals surface area contributed by atoms with Crippen molar-refractivity contribution in [1.29, 1.82) is 0 Å². The fourth-order valence-electron chi connectivity index (χ4n) is 1.13. The van der Waals surface area contributed by atoms with Crippen molar-refractivity contribution in [2.75, 3.05) is 0 Å². The van der Waals surface area contributed by atoms with Gasteiger partial charge in [-0.25, -0.2) is 0 Å². The minimum absolute atomic E-state index is 0. The smallest absolute Gasteiger partial charge is 1.00 e. The summed E-state index contributed by atoms with van der Waals surface area (Å²) in [4.78, 5) is 0.183. The van der Waals surface area contributed by atoms with E-state index in [0.717, 1.165) is 0 Å². The van der Waals surface area contributed by atoms with Gasteiger partial charge in [0.1, 0.15) is 0 Å². The Balaban J connectivity index is 0. The number of hydrogen-bond acceptors (Lipinski definition) is 0. The molecule has 1 aromatic rings. The van der Waals surface area contributed by atoms with Crippen LogP contribution in [0.5, 0.6) is 0 Å². The van der Waals surface area contributed by atoms with Crippen LogP contribution in [0.2, 0.25) is 0 Å². The summed E-state index contributed by atoms with van der Waals surface area (Å²) in [5.74, 6) is 0. The molecule has 0 saturated heterocycles. The largest absolute Gasteiger partial charge is 1.00 e. The zero-order chi connectivity index (χ0) is 7.89. The van der Waals surface area contributed by atoms with Crippen molar-refractivity contribution in [3.8, 4) is 0 Å². The van der Waals surface area contributed by atoms with Gasteiger partial charge in [-0.15, -0.1) is 0 Å². The van der Waals surface area contributed by atoms with Crippen molar-refractivity contribution in [2.45, 2.75) is 27.7 Å². The molecule has 1 aromatic heterocycles. The number of hydrogen-bond donors (Lipinski definition) is 0. The third-order valence-corrected chi connectivity index (χ3v) is 9.28. The van der Waals surface area contributed by atoms with Gasteiger partial charge in [0.05, 0.1) is 0 Å². The van der Waals surface area contributed by atoms with Gasteiger partial charge >= 0.3 is 78.4 Å². The minimum atomic E-state index is 0. The standard InChI is InChI=1S/C8H12P.2ClH.Zr/c1-5-6(2)8(4)9-7(5)3;;;/h1-4H3;2*1H;/q-1;;;+3/p-2. The van der Waals surface area contributed by atoms with Crippen LogP contribution in [0.3, 0.4) is 0 Å². The van der Waals surface area contributed by atoms with Crippen LogP contribution in [0, 0.1) is 27.7 Å². The average molecular weight is 301 g/mol. The van der Waals surface area contributed by atoms with Crippen molar-refractivity contribution in [3.63, 3.8) is 0 Å². The Bertz CT molecular complexity index is 188. The Morgan fingerprint density at radius 2 is 1.08 bits per heavy atom. The first kappa shape index (κ1) is 15.7. The normalized spacial score (nSPS) is 8.83. The summed E-state index contributed by atoms with van der Waals surface area (Å²) >= 11 is 1.70. The van der Waals surface area contributed by atoms with Gasteiger partial charge in [0.15, 0.2) is 0 Å². The minimum Gasteiger partial charge on any atom is -1.00 e. The molecular weight excluding hydrogens is 289 g/mol. The molecule has 0 aromatic carbocycles. The molecule has 0 saturated carbocycles. The van der Waals surface area contributed by atoms with Crippen LogP contribution in [-0.4, -0.2) is 0 Å². The summed E-state index contributed by atoms with van der Waals surface area (Å²) in [5.41, 5.74) is 3.11. The van der Waals surface area contributed by atoms with Gasteiger partial charge in [0, 0.05) is 0 Å². The summed E-state index contributed by atoms with van der Waals surface area (Å²) in [6, 6.07) is 0. The zero-order valence-corrected chi connectivity index (χ0v) is 12.6. The van der Waals surface area contributed by atoms with Gasteiger partial charge in [-0.3, -0.25) is 0 Å². The van der Waals surface area contributed by atoms with Gasteiger partial charge in [0.2, 0.25) is 0 Å². The van der Waals surface area contributed by atoms with Crippen LogP contribution in [0.1, 0.15) is 21.7 Å². The Kier molecular flexibility index (Phi) is 7.68. The van der Waals surface area contributed by atoms with E-state index < -0.39 is 0 Å². The van der Waals surface area contributed by atoms with Crippen molar-refractivity contribution in [1.82, 2.24) is 0 Å². The third kappa shape index (κ3) is 2.61. The van der Waals surface area contributed by atoms with Crippen LogP contribution in [-0.2, 0) is 24.1 Å². The van der Waals surface area contributed by atoms with E-state index >= 15 is 0 Å². The molecule has 0 amide bonds. The molecule has 0 bridgehead atoms. The Hall–Kier alpha value is 1.24. The molecular formula is C8H12Cl2PZr. The Labute approximate surface area is 103 Å². The predicted octanol–water partition coefficient (Wildman–Crippen LogP) is -2.78. The van der Waals surface area contributed by atoms with E-state index in [1.165, 1.54) is 0 Å². The van der Waals surface area contributed by atoms with Crippen LogP contribution in [0.15, 0.2) is 0 Å². The van der Waals surface area contributed by atoms with Crippen LogP contribution in [0.4, 0.5) is 0 Å². The molecule has 12 heavy (non-hydrogen) atoms. The van der Waals surface area contributed by atoms with E-state index in [1.54, 1.807) is 45.9 Å². The molecule has 0 spiro atoms. The predicted molar refractivity (Wildman–Crippen MR) is 43.5 cm³/mol. The van der Waals surface area contributed by atoms with E-state index in [4.69, 9.17) is 0 Å². The molecule has 1 rings (SSSR count). The number of rotatable bonds is 0.